The number of aromatic nitrogens is 2. The van der Waals surface area contributed by atoms with Crippen molar-refractivity contribution >= 4 is 11.6 Å². The maximum absolute atomic E-state index is 14.4. The molecule has 26 heavy (non-hydrogen) atoms. The summed E-state index contributed by atoms with van der Waals surface area (Å²) in [6.07, 6.45) is 6.57. The molecule has 6 nitrogen and oxygen atoms in total. The highest BCUT2D eigenvalue weighted by molar-refractivity contribution is 6.03. The molecule has 2 aromatic rings. The van der Waals surface area contributed by atoms with Gasteiger partial charge in [0.15, 0.2) is 0 Å². The van der Waals surface area contributed by atoms with E-state index in [0.29, 0.717) is 17.7 Å². The number of amides is 1. The molecule has 2 aliphatic rings. The van der Waals surface area contributed by atoms with Crippen LogP contribution in [0.25, 0.3) is 0 Å². The predicted molar refractivity (Wildman–Crippen MR) is 93.9 cm³/mol. The molecule has 0 unspecified atom stereocenters. The predicted octanol–water partition coefficient (Wildman–Crippen LogP) is 2.64. The van der Waals surface area contributed by atoms with Crippen LogP contribution in [0.2, 0.25) is 0 Å². The molecule has 1 aromatic carbocycles. The van der Waals surface area contributed by atoms with Gasteiger partial charge in [0.1, 0.15) is 5.82 Å². The summed E-state index contributed by atoms with van der Waals surface area (Å²) in [6, 6.07) is 6.67. The Hall–Kier alpha value is -2.70. The van der Waals surface area contributed by atoms with Gasteiger partial charge in [-0.3, -0.25) is 9.48 Å². The van der Waals surface area contributed by atoms with Crippen molar-refractivity contribution in [1.29, 1.82) is 0 Å². The number of carbonyl (C=O) groups excluding carboxylic acids is 1. The van der Waals surface area contributed by atoms with Crippen molar-refractivity contribution in [3.05, 3.63) is 53.6 Å². The Kier molecular flexibility index (Phi) is 4.22. The van der Waals surface area contributed by atoms with Crippen molar-refractivity contribution in [2.75, 3.05) is 0 Å². The fourth-order valence-corrected chi connectivity index (χ4v) is 3.86. The van der Waals surface area contributed by atoms with Crippen LogP contribution in [0.3, 0.4) is 0 Å². The molecule has 1 amide bonds. The molecule has 2 heterocycles. The number of nitrogens with one attached hydrogen (secondary N) is 1. The zero-order valence-corrected chi connectivity index (χ0v) is 14.6. The van der Waals surface area contributed by atoms with Gasteiger partial charge in [-0.1, -0.05) is 36.2 Å². The van der Waals surface area contributed by atoms with E-state index in [1.807, 2.05) is 13.2 Å². The highest BCUT2D eigenvalue weighted by Gasteiger charge is 2.41. The molecule has 4 rings (SSSR count). The van der Waals surface area contributed by atoms with Gasteiger partial charge in [0.2, 0.25) is 6.10 Å². The molecule has 0 bridgehead atoms. The van der Waals surface area contributed by atoms with Crippen molar-refractivity contribution in [3.63, 3.8) is 0 Å². The van der Waals surface area contributed by atoms with Gasteiger partial charge >= 0.3 is 0 Å². The highest BCUT2D eigenvalue weighted by atomic mass is 19.1. The number of aryl methyl sites for hydroxylation is 1. The third-order valence-corrected chi connectivity index (χ3v) is 5.21. The first-order valence-corrected chi connectivity index (χ1v) is 8.86. The van der Waals surface area contributed by atoms with E-state index in [9.17, 15) is 9.18 Å². The van der Waals surface area contributed by atoms with Crippen molar-refractivity contribution in [3.8, 4) is 0 Å². The Morgan fingerprint density at radius 1 is 1.35 bits per heavy atom. The van der Waals surface area contributed by atoms with Crippen molar-refractivity contribution in [2.45, 2.75) is 43.7 Å². The Balaban J connectivity index is 1.49. The normalized spacial score (nSPS) is 21.3. The van der Waals surface area contributed by atoms with E-state index in [4.69, 9.17) is 4.84 Å². The molecule has 1 aliphatic carbocycles. The van der Waals surface area contributed by atoms with Crippen LogP contribution in [0.4, 0.5) is 4.39 Å². The lowest BCUT2D eigenvalue weighted by Crippen LogP contribution is -2.48. The monoisotopic (exact) mass is 356 g/mol. The van der Waals surface area contributed by atoms with E-state index in [1.165, 1.54) is 6.07 Å². The molecule has 1 N–H and O–H groups in total. The lowest BCUT2D eigenvalue weighted by molar-refractivity contribution is -0.133. The second-order valence-electron chi connectivity index (χ2n) is 7.00. The molecule has 1 fully saturated rings. The van der Waals surface area contributed by atoms with Crippen molar-refractivity contribution < 1.29 is 14.0 Å². The lowest BCUT2D eigenvalue weighted by atomic mass is 9.87. The van der Waals surface area contributed by atoms with Gasteiger partial charge < -0.3 is 10.2 Å². The van der Waals surface area contributed by atoms with Crippen LogP contribution in [0.1, 0.15) is 43.2 Å². The maximum Gasteiger partial charge on any atom is 0.265 e. The van der Waals surface area contributed by atoms with E-state index in [2.05, 4.69) is 15.6 Å². The summed E-state index contributed by atoms with van der Waals surface area (Å²) >= 11 is 0. The van der Waals surface area contributed by atoms with Gasteiger partial charge in [0.25, 0.3) is 5.91 Å². The van der Waals surface area contributed by atoms with Gasteiger partial charge in [-0.25, -0.2) is 4.39 Å². The summed E-state index contributed by atoms with van der Waals surface area (Å²) in [4.78, 5) is 18.2. The van der Waals surface area contributed by atoms with E-state index in [-0.39, 0.29) is 11.7 Å². The first-order valence-electron chi connectivity index (χ1n) is 8.86. The number of nitrogens with zero attached hydrogens (tertiary/aromatic N) is 3. The largest absolute Gasteiger partial charge is 0.382 e. The maximum atomic E-state index is 14.4. The second kappa shape index (κ2) is 6.55. The molecular weight excluding hydrogens is 335 g/mol. The van der Waals surface area contributed by atoms with Crippen LogP contribution in [0.5, 0.6) is 0 Å². The van der Waals surface area contributed by atoms with Gasteiger partial charge in [-0.05, 0) is 18.9 Å². The van der Waals surface area contributed by atoms with Crippen LogP contribution in [0, 0.1) is 5.82 Å². The standard InChI is InChI=1S/C19H21FN4O2/c1-24-12-13(11-21-24)16-10-17(26-23-16)18(25)22-19(8-4-5-9-19)14-6-2-3-7-15(14)20/h2-3,6-7,11-12,17H,4-5,8-10H2,1H3,(H,22,25)/t17-/m0/s1. The number of halogens is 1. The van der Waals surface area contributed by atoms with E-state index >= 15 is 0 Å². The molecule has 1 aromatic heterocycles. The average molecular weight is 356 g/mol. The average Bonchev–Trinajstić information content (AvgIpc) is 3.35. The third-order valence-electron chi connectivity index (χ3n) is 5.21. The van der Waals surface area contributed by atoms with E-state index in [1.54, 1.807) is 29.1 Å². The van der Waals surface area contributed by atoms with Crippen LogP contribution in [-0.2, 0) is 22.2 Å². The molecule has 0 saturated heterocycles. The molecule has 1 atom stereocenters. The van der Waals surface area contributed by atoms with Gasteiger partial charge in [-0.15, -0.1) is 0 Å². The minimum absolute atomic E-state index is 0.252. The topological polar surface area (TPSA) is 68.5 Å². The molecule has 1 saturated carbocycles. The minimum Gasteiger partial charge on any atom is -0.382 e. The summed E-state index contributed by atoms with van der Waals surface area (Å²) in [5.74, 6) is -0.535. The Morgan fingerprint density at radius 2 is 2.12 bits per heavy atom. The molecule has 0 radical (unpaired) electrons. The zero-order valence-electron chi connectivity index (χ0n) is 14.6. The van der Waals surface area contributed by atoms with Gasteiger partial charge in [-0.2, -0.15) is 5.10 Å². The Labute approximate surface area is 151 Å². The van der Waals surface area contributed by atoms with Crippen LogP contribution >= 0.6 is 0 Å². The molecule has 0 spiro atoms. The Bertz CT molecular complexity index is 855. The number of hydrogen-bond donors (Lipinski definition) is 1. The third kappa shape index (κ3) is 2.98. The minimum atomic E-state index is -0.700. The summed E-state index contributed by atoms with van der Waals surface area (Å²) in [7, 11) is 1.82. The summed E-state index contributed by atoms with van der Waals surface area (Å²) in [5.41, 5.74) is 1.43. The number of benzene rings is 1. The highest BCUT2D eigenvalue weighted by Crippen LogP contribution is 2.40. The number of oxime groups is 1. The number of hydrogen-bond acceptors (Lipinski definition) is 4. The van der Waals surface area contributed by atoms with Gasteiger partial charge in [0.05, 0.1) is 17.4 Å². The SMILES string of the molecule is Cn1cc(C2=NO[C@H](C(=O)NC3(c4ccccc4F)CCCC3)C2)cn1. The molecule has 7 heteroatoms. The fourth-order valence-electron chi connectivity index (χ4n) is 3.86. The van der Waals surface area contributed by atoms with E-state index in [0.717, 1.165) is 31.2 Å². The van der Waals surface area contributed by atoms with Crippen LogP contribution < -0.4 is 5.32 Å². The molecule has 1 aliphatic heterocycles. The smallest absolute Gasteiger partial charge is 0.265 e. The first-order chi connectivity index (χ1) is 12.6. The molecule has 136 valence electrons. The van der Waals surface area contributed by atoms with E-state index < -0.39 is 11.6 Å². The summed E-state index contributed by atoms with van der Waals surface area (Å²) in [6.45, 7) is 0. The Morgan fingerprint density at radius 3 is 2.81 bits per heavy atom. The summed E-state index contributed by atoms with van der Waals surface area (Å²) in [5, 5.41) is 11.2. The van der Waals surface area contributed by atoms with Gasteiger partial charge in [0, 0.05) is 30.8 Å². The quantitative estimate of drug-likeness (QED) is 0.916. The van der Waals surface area contributed by atoms with Crippen molar-refractivity contribution in [1.82, 2.24) is 15.1 Å². The summed E-state index contributed by atoms with van der Waals surface area (Å²) < 4.78 is 16.1. The zero-order chi connectivity index (χ0) is 18.1. The molecular formula is C19H21FN4O2. The van der Waals surface area contributed by atoms with Crippen molar-refractivity contribution in [2.24, 2.45) is 12.2 Å². The number of rotatable bonds is 4. The van der Waals surface area contributed by atoms with Crippen LogP contribution in [-0.4, -0.2) is 27.5 Å². The fraction of sp³-hybridized carbons (Fsp3) is 0.421. The second-order valence-corrected chi connectivity index (χ2v) is 7.00. The first kappa shape index (κ1) is 16.8. The lowest BCUT2D eigenvalue weighted by Gasteiger charge is -2.32. The van der Waals surface area contributed by atoms with Crippen LogP contribution in [0.15, 0.2) is 41.8 Å². The number of carbonyl (C=O) groups is 1.